The van der Waals surface area contributed by atoms with Crippen molar-refractivity contribution in [2.75, 3.05) is 5.32 Å². The van der Waals surface area contributed by atoms with Gasteiger partial charge in [0.2, 0.25) is 0 Å². The highest BCUT2D eigenvalue weighted by atomic mass is 35.5. The van der Waals surface area contributed by atoms with Crippen molar-refractivity contribution in [1.82, 2.24) is 0 Å². The lowest BCUT2D eigenvalue weighted by Gasteiger charge is -1.96. The molecule has 0 aromatic heterocycles. The van der Waals surface area contributed by atoms with E-state index in [1.807, 2.05) is 24.3 Å². The van der Waals surface area contributed by atoms with Gasteiger partial charge >= 0.3 is 0 Å². The zero-order chi connectivity index (χ0) is 14.5. The summed E-state index contributed by atoms with van der Waals surface area (Å²) in [6.07, 6.45) is 0. The van der Waals surface area contributed by atoms with Gasteiger partial charge in [-0.1, -0.05) is 42.4 Å². The van der Waals surface area contributed by atoms with E-state index in [0.29, 0.717) is 16.2 Å². The highest BCUT2D eigenvalue weighted by Crippen LogP contribution is 2.32. The van der Waals surface area contributed by atoms with E-state index in [2.05, 4.69) is 11.9 Å². The molecule has 0 saturated carbocycles. The molecule has 0 radical (unpaired) electrons. The van der Waals surface area contributed by atoms with Gasteiger partial charge in [-0.25, -0.2) is 0 Å². The van der Waals surface area contributed by atoms with E-state index in [0.717, 1.165) is 11.3 Å². The standard InChI is InChI=1S/C9H6ClNO.C7H5N/c1-5-7-3-2-6(10)4-8(7)11-9(5)12;8-6-7-4-2-1-3-5-7/h2-4H,1H2,(H,11,12);1-5H. The predicted octanol–water partition coefficient (Wildman–Crippen LogP) is 3.86. The second-order valence-corrected chi connectivity index (χ2v) is 4.54. The van der Waals surface area contributed by atoms with Crippen LogP contribution in [0.5, 0.6) is 0 Å². The van der Waals surface area contributed by atoms with Gasteiger partial charge in [-0.05, 0) is 24.3 Å². The average Bonchev–Trinajstić information content (AvgIpc) is 2.75. The van der Waals surface area contributed by atoms with E-state index in [-0.39, 0.29) is 5.91 Å². The lowest BCUT2D eigenvalue weighted by molar-refractivity contribution is -0.110. The normalized spacial score (nSPS) is 11.8. The van der Waals surface area contributed by atoms with Gasteiger partial charge in [0.25, 0.3) is 5.91 Å². The molecule has 1 aliphatic heterocycles. The molecule has 4 heteroatoms. The molecule has 1 N–H and O–H groups in total. The molecular formula is C16H11ClN2O. The first-order valence-corrected chi connectivity index (χ1v) is 6.25. The minimum Gasteiger partial charge on any atom is -0.321 e. The van der Waals surface area contributed by atoms with Crippen molar-refractivity contribution >= 4 is 28.8 Å². The Kier molecular flexibility index (Phi) is 4.19. The summed E-state index contributed by atoms with van der Waals surface area (Å²) in [4.78, 5) is 11.1. The lowest BCUT2D eigenvalue weighted by Crippen LogP contribution is -2.02. The summed E-state index contributed by atoms with van der Waals surface area (Å²) in [5.41, 5.74) is 2.80. The molecule has 0 unspecified atom stereocenters. The third kappa shape index (κ3) is 3.05. The Hall–Kier alpha value is -2.57. The molecule has 1 heterocycles. The van der Waals surface area contributed by atoms with E-state index in [9.17, 15) is 4.79 Å². The number of rotatable bonds is 0. The van der Waals surface area contributed by atoms with Crippen LogP contribution in [-0.4, -0.2) is 5.91 Å². The van der Waals surface area contributed by atoms with Crippen molar-refractivity contribution in [2.24, 2.45) is 0 Å². The summed E-state index contributed by atoms with van der Waals surface area (Å²) in [7, 11) is 0. The Balaban J connectivity index is 0.000000160. The third-order valence-electron chi connectivity index (χ3n) is 2.73. The van der Waals surface area contributed by atoms with Crippen LogP contribution >= 0.6 is 11.6 Å². The van der Waals surface area contributed by atoms with Crippen LogP contribution in [0, 0.1) is 11.3 Å². The van der Waals surface area contributed by atoms with Crippen LogP contribution in [0.4, 0.5) is 5.69 Å². The number of fused-ring (bicyclic) bond motifs is 1. The van der Waals surface area contributed by atoms with Crippen LogP contribution in [0.2, 0.25) is 5.02 Å². The van der Waals surface area contributed by atoms with Crippen molar-refractivity contribution in [3.05, 3.63) is 71.3 Å². The second-order valence-electron chi connectivity index (χ2n) is 4.10. The Bertz CT molecular complexity index is 702. The predicted molar refractivity (Wildman–Crippen MR) is 80.3 cm³/mol. The first-order chi connectivity index (χ1) is 9.61. The number of hydrogen-bond acceptors (Lipinski definition) is 2. The number of amides is 1. The average molecular weight is 283 g/mol. The molecule has 0 saturated heterocycles. The maximum absolute atomic E-state index is 11.1. The number of carbonyl (C=O) groups is 1. The Morgan fingerprint density at radius 3 is 2.45 bits per heavy atom. The topological polar surface area (TPSA) is 52.9 Å². The molecule has 2 aromatic carbocycles. The maximum Gasteiger partial charge on any atom is 0.255 e. The summed E-state index contributed by atoms with van der Waals surface area (Å²) in [5.74, 6) is -0.146. The Morgan fingerprint density at radius 2 is 1.85 bits per heavy atom. The fraction of sp³-hybridized carbons (Fsp3) is 0. The molecule has 0 atom stereocenters. The minimum atomic E-state index is -0.146. The van der Waals surface area contributed by atoms with Crippen molar-refractivity contribution in [1.29, 1.82) is 5.26 Å². The molecule has 1 amide bonds. The summed E-state index contributed by atoms with van der Waals surface area (Å²) in [5, 5.41) is 11.6. The molecule has 0 bridgehead atoms. The molecular weight excluding hydrogens is 272 g/mol. The highest BCUT2D eigenvalue weighted by Gasteiger charge is 2.21. The number of carbonyl (C=O) groups excluding carboxylic acids is 1. The molecule has 2 aromatic rings. The van der Waals surface area contributed by atoms with Gasteiger partial charge in [0, 0.05) is 16.2 Å². The Morgan fingerprint density at radius 1 is 1.15 bits per heavy atom. The van der Waals surface area contributed by atoms with Crippen LogP contribution < -0.4 is 5.32 Å². The molecule has 3 nitrogen and oxygen atoms in total. The first kappa shape index (κ1) is 13.9. The molecule has 3 rings (SSSR count). The van der Waals surface area contributed by atoms with Crippen LogP contribution in [0.25, 0.3) is 5.57 Å². The number of nitrogens with zero attached hydrogens (tertiary/aromatic N) is 1. The van der Waals surface area contributed by atoms with Gasteiger partial charge < -0.3 is 5.32 Å². The molecule has 1 aliphatic rings. The fourth-order valence-electron chi connectivity index (χ4n) is 1.72. The number of nitriles is 1. The molecule has 98 valence electrons. The van der Waals surface area contributed by atoms with E-state index >= 15 is 0 Å². The smallest absolute Gasteiger partial charge is 0.255 e. The largest absolute Gasteiger partial charge is 0.321 e. The number of hydrogen-bond donors (Lipinski definition) is 1. The van der Waals surface area contributed by atoms with E-state index in [1.165, 1.54) is 0 Å². The molecule has 0 aliphatic carbocycles. The number of nitrogens with one attached hydrogen (secondary N) is 1. The molecule has 0 spiro atoms. The van der Waals surface area contributed by atoms with Crippen LogP contribution in [0.15, 0.2) is 55.1 Å². The highest BCUT2D eigenvalue weighted by molar-refractivity contribution is 6.34. The van der Waals surface area contributed by atoms with E-state index < -0.39 is 0 Å². The summed E-state index contributed by atoms with van der Waals surface area (Å²) in [6, 6.07) is 16.4. The quantitative estimate of drug-likeness (QED) is 0.746. The van der Waals surface area contributed by atoms with Crippen molar-refractivity contribution < 1.29 is 4.79 Å². The lowest BCUT2D eigenvalue weighted by atomic mass is 10.1. The number of anilines is 1. The van der Waals surface area contributed by atoms with Crippen molar-refractivity contribution in [2.45, 2.75) is 0 Å². The van der Waals surface area contributed by atoms with E-state index in [4.69, 9.17) is 16.9 Å². The third-order valence-corrected chi connectivity index (χ3v) is 2.97. The second kappa shape index (κ2) is 6.05. The van der Waals surface area contributed by atoms with Crippen molar-refractivity contribution in [3.8, 4) is 6.07 Å². The van der Waals surface area contributed by atoms with Crippen LogP contribution in [0.3, 0.4) is 0 Å². The van der Waals surface area contributed by atoms with Gasteiger partial charge in [-0.3, -0.25) is 4.79 Å². The van der Waals surface area contributed by atoms with Gasteiger partial charge in [-0.2, -0.15) is 5.26 Å². The number of benzene rings is 2. The van der Waals surface area contributed by atoms with Gasteiger partial charge in [0.15, 0.2) is 0 Å². The van der Waals surface area contributed by atoms with Gasteiger partial charge in [0.05, 0.1) is 17.3 Å². The Labute approximate surface area is 122 Å². The zero-order valence-electron chi connectivity index (χ0n) is 10.6. The summed E-state index contributed by atoms with van der Waals surface area (Å²) in [6.45, 7) is 3.65. The maximum atomic E-state index is 11.1. The SMILES string of the molecule is C=C1C(=O)Nc2cc(Cl)ccc21.N#Cc1ccccc1. The fourth-order valence-corrected chi connectivity index (χ4v) is 1.89. The first-order valence-electron chi connectivity index (χ1n) is 5.87. The molecule has 0 fully saturated rings. The van der Waals surface area contributed by atoms with Gasteiger partial charge in [-0.15, -0.1) is 0 Å². The monoisotopic (exact) mass is 282 g/mol. The minimum absolute atomic E-state index is 0.146. The van der Waals surface area contributed by atoms with Crippen molar-refractivity contribution in [3.63, 3.8) is 0 Å². The van der Waals surface area contributed by atoms with Crippen LogP contribution in [0.1, 0.15) is 11.1 Å². The summed E-state index contributed by atoms with van der Waals surface area (Å²) < 4.78 is 0. The molecule has 20 heavy (non-hydrogen) atoms. The van der Waals surface area contributed by atoms with Gasteiger partial charge in [0.1, 0.15) is 0 Å². The zero-order valence-corrected chi connectivity index (χ0v) is 11.3. The summed E-state index contributed by atoms with van der Waals surface area (Å²) >= 11 is 5.74. The van der Waals surface area contributed by atoms with Crippen LogP contribution in [-0.2, 0) is 4.79 Å². The van der Waals surface area contributed by atoms with E-state index in [1.54, 1.807) is 30.3 Å². The number of halogens is 1.